The van der Waals surface area contributed by atoms with Crippen LogP contribution in [0, 0.1) is 11.6 Å². The summed E-state index contributed by atoms with van der Waals surface area (Å²) in [5, 5.41) is 8.97. The van der Waals surface area contributed by atoms with E-state index in [1.54, 1.807) is 4.90 Å². The van der Waals surface area contributed by atoms with E-state index in [1.807, 2.05) is 0 Å². The van der Waals surface area contributed by atoms with Gasteiger partial charge in [-0.25, -0.2) is 8.78 Å². The topological polar surface area (TPSA) is 26.7 Å². The van der Waals surface area contributed by atoms with Crippen molar-refractivity contribution < 1.29 is 13.9 Å². The molecule has 2 aliphatic rings. The fraction of sp³-hybridized carbons (Fsp3) is 0.600. The van der Waals surface area contributed by atoms with E-state index in [0.717, 1.165) is 19.5 Å². The molecule has 2 saturated heterocycles. The highest BCUT2D eigenvalue weighted by atomic mass is 19.1. The molecule has 0 aromatic heterocycles. The average Bonchev–Trinajstić information content (AvgIpc) is 3.08. The number of rotatable bonds is 3. The van der Waals surface area contributed by atoms with Gasteiger partial charge in [0.2, 0.25) is 0 Å². The maximum absolute atomic E-state index is 14.0. The van der Waals surface area contributed by atoms with Gasteiger partial charge < -0.3 is 10.0 Å². The van der Waals surface area contributed by atoms with Crippen molar-refractivity contribution in [1.82, 2.24) is 4.90 Å². The summed E-state index contributed by atoms with van der Waals surface area (Å²) >= 11 is 0. The standard InChI is InChI=1S/C15H20F2N2O/c16-13-7-11(10-20)8-14(17)15(13)19-6-3-12(9-19)18-4-1-2-5-18/h7-8,12,20H,1-6,9-10H2. The first-order valence-electron chi connectivity index (χ1n) is 7.27. The summed E-state index contributed by atoms with van der Waals surface area (Å²) in [6.07, 6.45) is 3.41. The lowest BCUT2D eigenvalue weighted by Crippen LogP contribution is -2.35. The van der Waals surface area contributed by atoms with Crippen LogP contribution in [0.3, 0.4) is 0 Å². The van der Waals surface area contributed by atoms with Crippen LogP contribution in [-0.4, -0.2) is 42.2 Å². The third-order valence-electron chi connectivity index (χ3n) is 4.40. The summed E-state index contributed by atoms with van der Waals surface area (Å²) in [6, 6.07) is 2.86. The van der Waals surface area contributed by atoms with E-state index in [1.165, 1.54) is 25.0 Å². The van der Waals surface area contributed by atoms with Crippen LogP contribution in [0.1, 0.15) is 24.8 Å². The predicted octanol–water partition coefficient (Wildman–Crippen LogP) is 2.13. The summed E-state index contributed by atoms with van der Waals surface area (Å²) in [5.41, 5.74) is 0.336. The third-order valence-corrected chi connectivity index (χ3v) is 4.40. The Kier molecular flexibility index (Phi) is 3.89. The Labute approximate surface area is 117 Å². The van der Waals surface area contributed by atoms with Crippen LogP contribution in [0.2, 0.25) is 0 Å². The van der Waals surface area contributed by atoms with Crippen LogP contribution < -0.4 is 4.90 Å². The van der Waals surface area contributed by atoms with E-state index < -0.39 is 11.6 Å². The smallest absolute Gasteiger partial charge is 0.149 e. The molecule has 20 heavy (non-hydrogen) atoms. The molecule has 2 aliphatic heterocycles. The molecular formula is C15H20F2N2O. The number of anilines is 1. The minimum Gasteiger partial charge on any atom is -0.392 e. The lowest BCUT2D eigenvalue weighted by Gasteiger charge is -2.25. The number of benzene rings is 1. The second kappa shape index (κ2) is 5.66. The van der Waals surface area contributed by atoms with Gasteiger partial charge in [0.15, 0.2) is 0 Å². The average molecular weight is 282 g/mol. The molecule has 1 unspecified atom stereocenters. The number of hydrogen-bond donors (Lipinski definition) is 1. The summed E-state index contributed by atoms with van der Waals surface area (Å²) in [5.74, 6) is -1.15. The number of nitrogens with zero attached hydrogens (tertiary/aromatic N) is 2. The zero-order valence-corrected chi connectivity index (χ0v) is 11.5. The first-order valence-corrected chi connectivity index (χ1v) is 7.27. The summed E-state index contributed by atoms with van der Waals surface area (Å²) < 4.78 is 28.1. The molecule has 2 heterocycles. The molecule has 2 fully saturated rings. The van der Waals surface area contributed by atoms with Gasteiger partial charge in [-0.2, -0.15) is 0 Å². The molecule has 0 spiro atoms. The van der Waals surface area contributed by atoms with Crippen LogP contribution in [0.15, 0.2) is 12.1 Å². The van der Waals surface area contributed by atoms with Crippen molar-refractivity contribution in [3.05, 3.63) is 29.3 Å². The normalized spacial score (nSPS) is 23.8. The van der Waals surface area contributed by atoms with Crippen LogP contribution in [0.4, 0.5) is 14.5 Å². The van der Waals surface area contributed by atoms with Crippen LogP contribution in [0.5, 0.6) is 0 Å². The highest BCUT2D eigenvalue weighted by Crippen LogP contribution is 2.30. The Morgan fingerprint density at radius 2 is 1.75 bits per heavy atom. The number of likely N-dealkylation sites (tertiary alicyclic amines) is 1. The monoisotopic (exact) mass is 282 g/mol. The SMILES string of the molecule is OCc1cc(F)c(N2CCC(N3CCCC3)C2)c(F)c1. The van der Waals surface area contributed by atoms with Crippen molar-refractivity contribution in [3.63, 3.8) is 0 Å². The Morgan fingerprint density at radius 1 is 1.10 bits per heavy atom. The second-order valence-corrected chi connectivity index (χ2v) is 5.70. The molecule has 3 nitrogen and oxygen atoms in total. The number of hydrogen-bond acceptors (Lipinski definition) is 3. The molecule has 3 rings (SSSR count). The molecule has 1 aromatic rings. The maximum Gasteiger partial charge on any atom is 0.149 e. The zero-order valence-electron chi connectivity index (χ0n) is 11.5. The van der Waals surface area contributed by atoms with Gasteiger partial charge in [-0.1, -0.05) is 0 Å². The second-order valence-electron chi connectivity index (χ2n) is 5.70. The summed E-state index contributed by atoms with van der Waals surface area (Å²) in [4.78, 5) is 4.23. The van der Waals surface area contributed by atoms with Gasteiger partial charge in [-0.3, -0.25) is 4.90 Å². The van der Waals surface area contributed by atoms with Crippen molar-refractivity contribution >= 4 is 5.69 Å². The van der Waals surface area contributed by atoms with Crippen molar-refractivity contribution in [1.29, 1.82) is 0 Å². The molecule has 1 atom stereocenters. The fourth-order valence-corrected chi connectivity index (χ4v) is 3.36. The van der Waals surface area contributed by atoms with E-state index in [2.05, 4.69) is 4.90 Å². The number of halogens is 2. The van der Waals surface area contributed by atoms with Crippen LogP contribution in [0.25, 0.3) is 0 Å². The van der Waals surface area contributed by atoms with E-state index in [9.17, 15) is 8.78 Å². The first-order chi connectivity index (χ1) is 9.69. The molecular weight excluding hydrogens is 262 g/mol. The van der Waals surface area contributed by atoms with Crippen molar-refractivity contribution in [2.75, 3.05) is 31.1 Å². The third kappa shape index (κ3) is 2.52. The van der Waals surface area contributed by atoms with E-state index in [-0.39, 0.29) is 17.9 Å². The minimum atomic E-state index is -0.573. The highest BCUT2D eigenvalue weighted by molar-refractivity contribution is 5.51. The van der Waals surface area contributed by atoms with Gasteiger partial charge in [-0.05, 0) is 50.0 Å². The zero-order chi connectivity index (χ0) is 14.1. The van der Waals surface area contributed by atoms with E-state index >= 15 is 0 Å². The van der Waals surface area contributed by atoms with Gasteiger partial charge in [0.1, 0.15) is 17.3 Å². The number of aliphatic hydroxyl groups excluding tert-OH is 1. The Balaban J connectivity index is 1.77. The fourth-order valence-electron chi connectivity index (χ4n) is 3.36. The van der Waals surface area contributed by atoms with E-state index in [0.29, 0.717) is 19.1 Å². The van der Waals surface area contributed by atoms with Crippen LogP contribution >= 0.6 is 0 Å². The molecule has 0 saturated carbocycles. The van der Waals surface area contributed by atoms with Gasteiger partial charge in [-0.15, -0.1) is 0 Å². The molecule has 1 aromatic carbocycles. The maximum atomic E-state index is 14.0. The van der Waals surface area contributed by atoms with Gasteiger partial charge in [0, 0.05) is 19.1 Å². The molecule has 1 N–H and O–H groups in total. The van der Waals surface area contributed by atoms with Gasteiger partial charge in [0.25, 0.3) is 0 Å². The van der Waals surface area contributed by atoms with Crippen molar-refractivity contribution in [3.8, 4) is 0 Å². The molecule has 110 valence electrons. The van der Waals surface area contributed by atoms with Crippen LogP contribution in [-0.2, 0) is 6.61 Å². The largest absolute Gasteiger partial charge is 0.392 e. The van der Waals surface area contributed by atoms with Gasteiger partial charge in [0.05, 0.1) is 6.61 Å². The molecule has 5 heteroatoms. The van der Waals surface area contributed by atoms with E-state index in [4.69, 9.17) is 5.11 Å². The molecule has 0 aliphatic carbocycles. The number of aliphatic hydroxyl groups is 1. The Hall–Kier alpha value is -1.20. The molecule has 0 amide bonds. The predicted molar refractivity (Wildman–Crippen MR) is 73.7 cm³/mol. The Bertz CT molecular complexity index is 466. The first kappa shape index (κ1) is 13.8. The quantitative estimate of drug-likeness (QED) is 0.920. The highest BCUT2D eigenvalue weighted by Gasteiger charge is 2.31. The molecule has 0 bridgehead atoms. The van der Waals surface area contributed by atoms with Crippen molar-refractivity contribution in [2.24, 2.45) is 0 Å². The summed E-state index contributed by atoms with van der Waals surface area (Å²) in [6.45, 7) is 3.24. The Morgan fingerprint density at radius 3 is 2.35 bits per heavy atom. The summed E-state index contributed by atoms with van der Waals surface area (Å²) in [7, 11) is 0. The molecule has 0 radical (unpaired) electrons. The van der Waals surface area contributed by atoms with Gasteiger partial charge >= 0.3 is 0 Å². The lowest BCUT2D eigenvalue weighted by atomic mass is 10.2. The minimum absolute atomic E-state index is 0.0592. The lowest BCUT2D eigenvalue weighted by molar-refractivity contribution is 0.260. The van der Waals surface area contributed by atoms with Crippen molar-refractivity contribution in [2.45, 2.75) is 31.9 Å².